The van der Waals surface area contributed by atoms with E-state index in [1.807, 2.05) is 24.3 Å². The second kappa shape index (κ2) is 12.7. The molecule has 196 valence electrons. The summed E-state index contributed by atoms with van der Waals surface area (Å²) in [6, 6.07) is 23.3. The molecule has 0 aromatic heterocycles. The monoisotopic (exact) mass is 534 g/mol. The van der Waals surface area contributed by atoms with E-state index >= 15 is 0 Å². The molecule has 0 unspecified atom stereocenters. The number of alkyl halides is 3. The number of amides is 1. The molecule has 10 heteroatoms. The number of aliphatic hydroxyl groups is 1. The fourth-order valence-electron chi connectivity index (χ4n) is 3.76. The van der Waals surface area contributed by atoms with Gasteiger partial charge in [0.2, 0.25) is 0 Å². The van der Waals surface area contributed by atoms with Gasteiger partial charge in [-0.15, -0.1) is 0 Å². The standard InChI is InChI=1S/C25H25ClN2O2.C2HF3O2/c26-22-6-2-5-21(16-22)25(30)27-23-9-7-19(8-10-23)20-4-1-3-18(15-20)17-28-13-11-24(29)12-14-28;3-2(4,5)1(6)7/h1-10,15-16,24,29H,11-14,17H2,(H,27,30);(H,6,7). The molecular weight excluding hydrogens is 509 g/mol. The summed E-state index contributed by atoms with van der Waals surface area (Å²) in [6.45, 7) is 2.77. The first-order chi connectivity index (χ1) is 17.5. The summed E-state index contributed by atoms with van der Waals surface area (Å²) in [5.41, 5.74) is 4.79. The molecule has 1 amide bonds. The Morgan fingerprint density at radius 3 is 2.16 bits per heavy atom. The van der Waals surface area contributed by atoms with E-state index in [2.05, 4.69) is 34.5 Å². The number of nitrogens with one attached hydrogen (secondary N) is 1. The van der Waals surface area contributed by atoms with Crippen LogP contribution in [0, 0.1) is 0 Å². The van der Waals surface area contributed by atoms with E-state index in [1.54, 1.807) is 24.3 Å². The molecule has 0 bridgehead atoms. The zero-order valence-electron chi connectivity index (χ0n) is 19.7. The lowest BCUT2D eigenvalue weighted by molar-refractivity contribution is -0.192. The van der Waals surface area contributed by atoms with Gasteiger partial charge in [0.05, 0.1) is 6.10 Å². The number of carboxylic acids is 1. The summed E-state index contributed by atoms with van der Waals surface area (Å²) >= 11 is 5.97. The number of carbonyl (C=O) groups excluding carboxylic acids is 1. The lowest BCUT2D eigenvalue weighted by Gasteiger charge is -2.29. The number of carboxylic acid groups (broad SMARTS) is 1. The average Bonchev–Trinajstić information content (AvgIpc) is 2.86. The molecule has 0 saturated carbocycles. The molecule has 3 aromatic carbocycles. The Hall–Kier alpha value is -3.40. The van der Waals surface area contributed by atoms with Crippen LogP contribution in [0.1, 0.15) is 28.8 Å². The Balaban J connectivity index is 0.000000479. The van der Waals surface area contributed by atoms with Gasteiger partial charge in [-0.25, -0.2) is 4.79 Å². The predicted octanol–water partition coefficient (Wildman–Crippen LogP) is 5.85. The maximum absolute atomic E-state index is 12.4. The molecule has 3 N–H and O–H groups in total. The van der Waals surface area contributed by atoms with Crippen LogP contribution in [0.2, 0.25) is 5.02 Å². The van der Waals surface area contributed by atoms with E-state index in [0.29, 0.717) is 10.6 Å². The molecule has 0 spiro atoms. The maximum Gasteiger partial charge on any atom is 0.490 e. The van der Waals surface area contributed by atoms with Crippen LogP contribution < -0.4 is 5.32 Å². The van der Waals surface area contributed by atoms with Gasteiger partial charge in [-0.2, -0.15) is 13.2 Å². The number of aliphatic carboxylic acids is 1. The minimum atomic E-state index is -5.08. The predicted molar refractivity (Wildman–Crippen MR) is 135 cm³/mol. The molecule has 3 aromatic rings. The van der Waals surface area contributed by atoms with E-state index in [1.165, 1.54) is 5.56 Å². The van der Waals surface area contributed by atoms with Gasteiger partial charge in [-0.05, 0) is 65.9 Å². The van der Waals surface area contributed by atoms with Crippen molar-refractivity contribution in [1.29, 1.82) is 0 Å². The van der Waals surface area contributed by atoms with Crippen molar-refractivity contribution in [3.8, 4) is 11.1 Å². The summed E-state index contributed by atoms with van der Waals surface area (Å²) in [5, 5.41) is 20.3. The third-order valence-electron chi connectivity index (χ3n) is 5.70. The number of nitrogens with zero attached hydrogens (tertiary/aromatic N) is 1. The molecule has 4 rings (SSSR count). The van der Waals surface area contributed by atoms with Crippen LogP contribution in [0.25, 0.3) is 11.1 Å². The Bertz CT molecular complexity index is 1210. The second-order valence-corrected chi connectivity index (χ2v) is 8.99. The minimum absolute atomic E-state index is 0.148. The summed E-state index contributed by atoms with van der Waals surface area (Å²) < 4.78 is 31.7. The fraction of sp³-hybridized carbons (Fsp3) is 0.259. The molecule has 0 atom stereocenters. The Morgan fingerprint density at radius 2 is 1.57 bits per heavy atom. The highest BCUT2D eigenvalue weighted by Crippen LogP contribution is 2.24. The SMILES string of the molecule is O=C(Nc1ccc(-c2cccc(CN3CCC(O)CC3)c2)cc1)c1cccc(Cl)c1.O=C(O)C(F)(F)F. The highest BCUT2D eigenvalue weighted by molar-refractivity contribution is 6.31. The molecule has 1 saturated heterocycles. The molecule has 1 fully saturated rings. The van der Waals surface area contributed by atoms with E-state index in [4.69, 9.17) is 21.5 Å². The number of piperidine rings is 1. The van der Waals surface area contributed by atoms with Crippen molar-refractivity contribution in [2.24, 2.45) is 0 Å². The van der Waals surface area contributed by atoms with Crippen molar-refractivity contribution in [2.45, 2.75) is 31.7 Å². The van der Waals surface area contributed by atoms with E-state index in [0.717, 1.165) is 49.3 Å². The quantitative estimate of drug-likeness (QED) is 0.382. The topological polar surface area (TPSA) is 89.9 Å². The van der Waals surface area contributed by atoms with Crippen molar-refractivity contribution in [3.05, 3.63) is 88.9 Å². The van der Waals surface area contributed by atoms with E-state index < -0.39 is 12.1 Å². The number of aliphatic hydroxyl groups excluding tert-OH is 1. The molecule has 37 heavy (non-hydrogen) atoms. The zero-order valence-corrected chi connectivity index (χ0v) is 20.5. The van der Waals surface area contributed by atoms with Crippen molar-refractivity contribution >= 4 is 29.2 Å². The number of hydrogen-bond donors (Lipinski definition) is 3. The molecule has 0 aliphatic carbocycles. The van der Waals surface area contributed by atoms with Crippen molar-refractivity contribution in [1.82, 2.24) is 4.90 Å². The highest BCUT2D eigenvalue weighted by atomic mass is 35.5. The Morgan fingerprint density at radius 1 is 0.946 bits per heavy atom. The summed E-state index contributed by atoms with van der Waals surface area (Å²) in [6.07, 6.45) is -3.53. The van der Waals surface area contributed by atoms with Gasteiger partial charge in [0, 0.05) is 35.9 Å². The maximum atomic E-state index is 12.4. The van der Waals surface area contributed by atoms with Crippen LogP contribution in [0.15, 0.2) is 72.8 Å². The molecular formula is C27H26ClF3N2O4. The average molecular weight is 535 g/mol. The molecule has 6 nitrogen and oxygen atoms in total. The Kier molecular flexibility index (Phi) is 9.68. The first kappa shape index (κ1) is 28.2. The van der Waals surface area contributed by atoms with Gasteiger partial charge >= 0.3 is 12.1 Å². The summed E-state index contributed by atoms with van der Waals surface area (Å²) in [4.78, 5) is 23.7. The normalized spacial score (nSPS) is 14.4. The van der Waals surface area contributed by atoms with Gasteiger partial charge in [0.1, 0.15) is 0 Å². The van der Waals surface area contributed by atoms with E-state index in [9.17, 15) is 23.1 Å². The molecule has 0 radical (unpaired) electrons. The van der Waals surface area contributed by atoms with Crippen LogP contribution in [0.3, 0.4) is 0 Å². The Labute approximate surface area is 217 Å². The first-order valence-electron chi connectivity index (χ1n) is 11.5. The third kappa shape index (κ3) is 8.89. The second-order valence-electron chi connectivity index (χ2n) is 8.55. The number of halogens is 4. The molecule has 1 aliphatic heterocycles. The number of carbonyl (C=O) groups is 2. The van der Waals surface area contributed by atoms with Gasteiger partial charge < -0.3 is 15.5 Å². The van der Waals surface area contributed by atoms with Gasteiger partial charge in [-0.1, -0.05) is 48.0 Å². The zero-order chi connectivity index (χ0) is 27.0. The number of benzene rings is 3. The smallest absolute Gasteiger partial charge is 0.475 e. The number of hydrogen-bond acceptors (Lipinski definition) is 4. The number of likely N-dealkylation sites (tertiary alicyclic amines) is 1. The number of rotatable bonds is 5. The van der Waals surface area contributed by atoms with Crippen LogP contribution in [-0.2, 0) is 11.3 Å². The van der Waals surface area contributed by atoms with E-state index in [-0.39, 0.29) is 12.0 Å². The van der Waals surface area contributed by atoms with Crippen LogP contribution in [0.4, 0.5) is 18.9 Å². The summed E-state index contributed by atoms with van der Waals surface area (Å²) in [7, 11) is 0. The highest BCUT2D eigenvalue weighted by Gasteiger charge is 2.38. The van der Waals surface area contributed by atoms with Gasteiger partial charge in [0.15, 0.2) is 0 Å². The number of anilines is 1. The largest absolute Gasteiger partial charge is 0.490 e. The summed E-state index contributed by atoms with van der Waals surface area (Å²) in [5.74, 6) is -2.94. The van der Waals surface area contributed by atoms with Crippen LogP contribution >= 0.6 is 11.6 Å². The van der Waals surface area contributed by atoms with Crippen molar-refractivity contribution < 1.29 is 33.0 Å². The van der Waals surface area contributed by atoms with Crippen molar-refractivity contribution in [3.63, 3.8) is 0 Å². The van der Waals surface area contributed by atoms with Crippen molar-refractivity contribution in [2.75, 3.05) is 18.4 Å². The van der Waals surface area contributed by atoms with Gasteiger partial charge in [-0.3, -0.25) is 9.69 Å². The first-order valence-corrected chi connectivity index (χ1v) is 11.9. The van der Waals surface area contributed by atoms with Crippen LogP contribution in [0.5, 0.6) is 0 Å². The lowest BCUT2D eigenvalue weighted by atomic mass is 10.0. The lowest BCUT2D eigenvalue weighted by Crippen LogP contribution is -2.35. The third-order valence-corrected chi connectivity index (χ3v) is 5.93. The fourth-order valence-corrected chi connectivity index (χ4v) is 3.95. The minimum Gasteiger partial charge on any atom is -0.475 e. The van der Waals surface area contributed by atoms with Crippen LogP contribution in [-0.4, -0.2) is 52.4 Å². The molecule has 1 heterocycles. The van der Waals surface area contributed by atoms with Gasteiger partial charge in [0.25, 0.3) is 5.91 Å². The molecule has 1 aliphatic rings.